The Hall–Kier alpha value is -1.61. The molecule has 0 spiro atoms. The van der Waals surface area contributed by atoms with Crippen LogP contribution in [-0.2, 0) is 4.79 Å². The van der Waals surface area contributed by atoms with Crippen molar-refractivity contribution in [1.82, 2.24) is 0 Å². The zero-order valence-corrected chi connectivity index (χ0v) is 9.03. The summed E-state index contributed by atoms with van der Waals surface area (Å²) in [5.41, 5.74) is 7.31. The van der Waals surface area contributed by atoms with Gasteiger partial charge in [0, 0.05) is 5.69 Å². The first-order valence-electron chi connectivity index (χ1n) is 4.92. The second kappa shape index (κ2) is 5.32. The third-order valence-corrected chi connectivity index (χ3v) is 1.95. The summed E-state index contributed by atoms with van der Waals surface area (Å²) in [4.78, 5) is 11.3. The average molecular weight is 204 g/mol. The molecule has 1 aromatic carbocycles. The van der Waals surface area contributed by atoms with Crippen LogP contribution in [0.15, 0.2) is 30.3 Å². The van der Waals surface area contributed by atoms with Gasteiger partial charge in [-0.3, -0.25) is 4.79 Å². The summed E-state index contributed by atoms with van der Waals surface area (Å²) < 4.78 is 0. The smallest absolute Gasteiger partial charge is 0.240 e. The number of hydrogen-bond acceptors (Lipinski definition) is 2. The first-order valence-corrected chi connectivity index (χ1v) is 4.92. The SMILES string of the molecule is C/C=C/c1ccc(NC(=O)[C@@H](C)N)cc1. The Kier molecular flexibility index (Phi) is 4.06. The molecule has 0 unspecified atom stereocenters. The molecule has 1 rings (SSSR count). The van der Waals surface area contributed by atoms with Crippen LogP contribution in [0.2, 0.25) is 0 Å². The Morgan fingerprint density at radius 1 is 1.40 bits per heavy atom. The summed E-state index contributed by atoms with van der Waals surface area (Å²) in [6, 6.07) is 7.11. The van der Waals surface area contributed by atoms with Crippen molar-refractivity contribution in [3.63, 3.8) is 0 Å². The molecule has 3 N–H and O–H groups in total. The molecule has 15 heavy (non-hydrogen) atoms. The molecular formula is C12H16N2O. The lowest BCUT2D eigenvalue weighted by Gasteiger charge is -2.07. The molecular weight excluding hydrogens is 188 g/mol. The molecule has 3 nitrogen and oxygen atoms in total. The van der Waals surface area contributed by atoms with E-state index in [2.05, 4.69) is 5.32 Å². The van der Waals surface area contributed by atoms with Gasteiger partial charge in [0.25, 0.3) is 0 Å². The fourth-order valence-electron chi connectivity index (χ4n) is 1.13. The van der Waals surface area contributed by atoms with Gasteiger partial charge in [-0.05, 0) is 31.5 Å². The molecule has 80 valence electrons. The Morgan fingerprint density at radius 3 is 2.47 bits per heavy atom. The van der Waals surface area contributed by atoms with Crippen LogP contribution in [0.3, 0.4) is 0 Å². The molecule has 0 bridgehead atoms. The van der Waals surface area contributed by atoms with E-state index in [1.54, 1.807) is 6.92 Å². The maximum absolute atomic E-state index is 11.3. The number of anilines is 1. The Labute approximate surface area is 90.0 Å². The van der Waals surface area contributed by atoms with Crippen LogP contribution in [0.25, 0.3) is 6.08 Å². The zero-order chi connectivity index (χ0) is 11.3. The highest BCUT2D eigenvalue weighted by Crippen LogP contribution is 2.10. The van der Waals surface area contributed by atoms with Crippen molar-refractivity contribution in [3.8, 4) is 0 Å². The molecule has 0 heterocycles. The highest BCUT2D eigenvalue weighted by atomic mass is 16.2. The Bertz CT molecular complexity index is 352. The predicted molar refractivity (Wildman–Crippen MR) is 63.4 cm³/mol. The van der Waals surface area contributed by atoms with Crippen molar-refractivity contribution in [2.45, 2.75) is 19.9 Å². The molecule has 1 atom stereocenters. The van der Waals surface area contributed by atoms with Crippen LogP contribution < -0.4 is 11.1 Å². The summed E-state index contributed by atoms with van der Waals surface area (Å²) in [6.45, 7) is 3.62. The van der Waals surface area contributed by atoms with Gasteiger partial charge in [-0.25, -0.2) is 0 Å². The largest absolute Gasteiger partial charge is 0.325 e. The highest BCUT2D eigenvalue weighted by molar-refractivity contribution is 5.94. The fourth-order valence-corrected chi connectivity index (χ4v) is 1.13. The number of carbonyl (C=O) groups excluding carboxylic acids is 1. The maximum Gasteiger partial charge on any atom is 0.240 e. The van der Waals surface area contributed by atoms with Crippen molar-refractivity contribution < 1.29 is 4.79 Å². The molecule has 3 heteroatoms. The lowest BCUT2D eigenvalue weighted by Crippen LogP contribution is -2.32. The Morgan fingerprint density at radius 2 is 2.00 bits per heavy atom. The minimum absolute atomic E-state index is 0.172. The minimum Gasteiger partial charge on any atom is -0.325 e. The zero-order valence-electron chi connectivity index (χ0n) is 9.03. The number of nitrogens with two attached hydrogens (primary N) is 1. The summed E-state index contributed by atoms with van der Waals surface area (Å²) in [7, 11) is 0. The van der Waals surface area contributed by atoms with Crippen molar-refractivity contribution in [2.75, 3.05) is 5.32 Å². The summed E-state index contributed by atoms with van der Waals surface area (Å²) in [5, 5.41) is 2.72. The minimum atomic E-state index is -0.486. The van der Waals surface area contributed by atoms with Gasteiger partial charge in [0.05, 0.1) is 6.04 Å². The molecule has 0 fully saturated rings. The highest BCUT2D eigenvalue weighted by Gasteiger charge is 2.06. The van der Waals surface area contributed by atoms with E-state index >= 15 is 0 Å². The van der Waals surface area contributed by atoms with Crippen LogP contribution in [0.4, 0.5) is 5.69 Å². The van der Waals surface area contributed by atoms with Crippen molar-refractivity contribution in [2.24, 2.45) is 5.73 Å². The van der Waals surface area contributed by atoms with Gasteiger partial charge >= 0.3 is 0 Å². The van der Waals surface area contributed by atoms with E-state index in [9.17, 15) is 4.79 Å². The van der Waals surface area contributed by atoms with Gasteiger partial charge in [0.2, 0.25) is 5.91 Å². The normalized spacial score (nSPS) is 12.7. The molecule has 0 saturated carbocycles. The third-order valence-electron chi connectivity index (χ3n) is 1.95. The number of carbonyl (C=O) groups is 1. The first kappa shape index (κ1) is 11.5. The van der Waals surface area contributed by atoms with Gasteiger partial charge in [0.15, 0.2) is 0 Å². The maximum atomic E-state index is 11.3. The molecule has 0 saturated heterocycles. The van der Waals surface area contributed by atoms with E-state index in [0.29, 0.717) is 0 Å². The standard InChI is InChI=1S/C12H16N2O/c1-3-4-10-5-7-11(8-6-10)14-12(15)9(2)13/h3-9H,13H2,1-2H3,(H,14,15)/b4-3+/t9-/m1/s1. The van der Waals surface area contributed by atoms with Crippen LogP contribution in [0, 0.1) is 0 Å². The van der Waals surface area contributed by atoms with Crippen LogP contribution in [-0.4, -0.2) is 11.9 Å². The van der Waals surface area contributed by atoms with Crippen LogP contribution >= 0.6 is 0 Å². The van der Waals surface area contributed by atoms with Crippen molar-refractivity contribution >= 4 is 17.7 Å². The molecule has 1 aromatic rings. The van der Waals surface area contributed by atoms with E-state index in [4.69, 9.17) is 5.73 Å². The van der Waals surface area contributed by atoms with E-state index in [-0.39, 0.29) is 5.91 Å². The first-order chi connectivity index (χ1) is 7.13. The van der Waals surface area contributed by atoms with Crippen LogP contribution in [0.5, 0.6) is 0 Å². The summed E-state index contributed by atoms with van der Waals surface area (Å²) in [6.07, 6.45) is 3.96. The average Bonchev–Trinajstić information content (AvgIpc) is 2.21. The molecule has 0 radical (unpaired) electrons. The monoisotopic (exact) mass is 204 g/mol. The van der Waals surface area contributed by atoms with E-state index < -0.39 is 6.04 Å². The quantitative estimate of drug-likeness (QED) is 0.791. The second-order valence-corrected chi connectivity index (χ2v) is 3.40. The van der Waals surface area contributed by atoms with E-state index in [0.717, 1.165) is 11.3 Å². The molecule has 0 aliphatic carbocycles. The van der Waals surface area contributed by atoms with Gasteiger partial charge < -0.3 is 11.1 Å². The Balaban J connectivity index is 2.68. The lowest BCUT2D eigenvalue weighted by molar-refractivity contribution is -0.117. The van der Waals surface area contributed by atoms with Gasteiger partial charge in [-0.15, -0.1) is 0 Å². The third kappa shape index (κ3) is 3.56. The topological polar surface area (TPSA) is 55.1 Å². The second-order valence-electron chi connectivity index (χ2n) is 3.40. The van der Waals surface area contributed by atoms with Gasteiger partial charge in [-0.1, -0.05) is 24.3 Å². The number of hydrogen-bond donors (Lipinski definition) is 2. The molecule has 0 aliphatic rings. The number of amides is 1. The molecule has 1 amide bonds. The summed E-state index contributed by atoms with van der Waals surface area (Å²) >= 11 is 0. The number of nitrogens with one attached hydrogen (secondary N) is 1. The number of rotatable bonds is 3. The summed E-state index contributed by atoms with van der Waals surface area (Å²) in [5.74, 6) is -0.172. The predicted octanol–water partition coefficient (Wildman–Crippen LogP) is 2.01. The molecule has 0 aromatic heterocycles. The molecule has 0 aliphatic heterocycles. The van der Waals surface area contributed by atoms with E-state index in [1.165, 1.54) is 0 Å². The fraction of sp³-hybridized carbons (Fsp3) is 0.250. The van der Waals surface area contributed by atoms with Crippen molar-refractivity contribution in [3.05, 3.63) is 35.9 Å². The van der Waals surface area contributed by atoms with E-state index in [1.807, 2.05) is 43.3 Å². The van der Waals surface area contributed by atoms with Crippen LogP contribution in [0.1, 0.15) is 19.4 Å². The van der Waals surface area contributed by atoms with Gasteiger partial charge in [-0.2, -0.15) is 0 Å². The lowest BCUT2D eigenvalue weighted by atomic mass is 10.2. The van der Waals surface area contributed by atoms with Crippen molar-refractivity contribution in [1.29, 1.82) is 0 Å². The van der Waals surface area contributed by atoms with Gasteiger partial charge in [0.1, 0.15) is 0 Å². The number of allylic oxidation sites excluding steroid dienone is 1. The number of benzene rings is 1.